The van der Waals surface area contributed by atoms with Crippen LogP contribution >= 0.6 is 43.2 Å². The number of fused-ring (bicyclic) bond motifs is 1. The van der Waals surface area contributed by atoms with E-state index in [0.717, 1.165) is 20.1 Å². The molecule has 3 aromatic rings. The molecule has 1 unspecified atom stereocenters. The maximum absolute atomic E-state index is 13.7. The first-order valence-corrected chi connectivity index (χ1v) is 13.2. The molecule has 2 aromatic carbocycles. The fourth-order valence-electron chi connectivity index (χ4n) is 3.84. The normalized spacial score (nSPS) is 15.4. The Kier molecular flexibility index (Phi) is 7.88. The SMILES string of the molecule is C=CCOc1c(Br)cc(/C=c2\sc3n(c2=O)C(c2ccccc2)C(C(=O)OCC)=C(C)N=3)cc1Br. The van der Waals surface area contributed by atoms with Gasteiger partial charge in [0, 0.05) is 0 Å². The second-order valence-electron chi connectivity index (χ2n) is 7.63. The summed E-state index contributed by atoms with van der Waals surface area (Å²) in [6.45, 7) is 7.80. The third-order valence-corrected chi connectivity index (χ3v) is 7.46. The minimum absolute atomic E-state index is 0.226. The van der Waals surface area contributed by atoms with E-state index in [1.54, 1.807) is 24.5 Å². The molecule has 0 bridgehead atoms. The van der Waals surface area contributed by atoms with Crippen LogP contribution in [-0.4, -0.2) is 23.8 Å². The van der Waals surface area contributed by atoms with Gasteiger partial charge in [-0.1, -0.05) is 54.3 Å². The smallest absolute Gasteiger partial charge is 0.338 e. The summed E-state index contributed by atoms with van der Waals surface area (Å²) in [5.41, 5.74) is 2.30. The van der Waals surface area contributed by atoms with E-state index >= 15 is 0 Å². The average Bonchev–Trinajstić information content (AvgIpc) is 3.12. The zero-order valence-electron chi connectivity index (χ0n) is 19.1. The van der Waals surface area contributed by atoms with Crippen molar-refractivity contribution < 1.29 is 14.3 Å². The molecule has 1 atom stereocenters. The highest BCUT2D eigenvalue weighted by atomic mass is 79.9. The highest BCUT2D eigenvalue weighted by Gasteiger charge is 2.33. The quantitative estimate of drug-likeness (QED) is 0.280. The number of hydrogen-bond donors (Lipinski definition) is 0. The van der Waals surface area contributed by atoms with Crippen LogP contribution in [0.15, 0.2) is 85.1 Å². The number of benzene rings is 2. The number of carbonyl (C=O) groups excluding carboxylic acids is 1. The molecular weight excluding hydrogens is 596 g/mol. The van der Waals surface area contributed by atoms with Crippen molar-refractivity contribution in [2.45, 2.75) is 19.9 Å². The summed E-state index contributed by atoms with van der Waals surface area (Å²) in [6, 6.07) is 12.6. The summed E-state index contributed by atoms with van der Waals surface area (Å²) in [4.78, 5) is 31.7. The van der Waals surface area contributed by atoms with E-state index in [0.29, 0.717) is 33.0 Å². The summed E-state index contributed by atoms with van der Waals surface area (Å²) in [7, 11) is 0. The maximum atomic E-state index is 13.7. The Bertz CT molecular complexity index is 1480. The Balaban J connectivity index is 1.88. The van der Waals surface area contributed by atoms with Gasteiger partial charge in [0.2, 0.25) is 0 Å². The first-order valence-electron chi connectivity index (χ1n) is 10.8. The van der Waals surface area contributed by atoms with Gasteiger partial charge in [0.1, 0.15) is 12.4 Å². The lowest BCUT2D eigenvalue weighted by molar-refractivity contribution is -0.139. The second kappa shape index (κ2) is 10.9. The Hall–Kier alpha value is -2.75. The number of esters is 1. The molecule has 0 N–H and O–H groups in total. The van der Waals surface area contributed by atoms with E-state index < -0.39 is 12.0 Å². The van der Waals surface area contributed by atoms with Crippen LogP contribution in [0.5, 0.6) is 5.75 Å². The average molecular weight is 618 g/mol. The zero-order valence-corrected chi connectivity index (χ0v) is 23.1. The van der Waals surface area contributed by atoms with Crippen molar-refractivity contribution >= 4 is 55.2 Å². The van der Waals surface area contributed by atoms with E-state index in [9.17, 15) is 9.59 Å². The summed E-state index contributed by atoms with van der Waals surface area (Å²) < 4.78 is 14.6. The first kappa shape index (κ1) is 25.3. The number of hydrogen-bond acceptors (Lipinski definition) is 6. The molecule has 9 heteroatoms. The van der Waals surface area contributed by atoms with Crippen molar-refractivity contribution in [2.75, 3.05) is 13.2 Å². The highest BCUT2D eigenvalue weighted by Crippen LogP contribution is 2.35. The minimum Gasteiger partial charge on any atom is -0.487 e. The lowest BCUT2D eigenvalue weighted by Gasteiger charge is -2.24. The van der Waals surface area contributed by atoms with E-state index in [2.05, 4.69) is 43.4 Å². The van der Waals surface area contributed by atoms with Crippen molar-refractivity contribution in [2.24, 2.45) is 4.99 Å². The lowest BCUT2D eigenvalue weighted by Crippen LogP contribution is -2.39. The molecule has 0 amide bonds. The molecule has 1 aliphatic rings. The van der Waals surface area contributed by atoms with Crippen molar-refractivity contribution in [3.63, 3.8) is 0 Å². The molecule has 0 fully saturated rings. The summed E-state index contributed by atoms with van der Waals surface area (Å²) in [5, 5.41) is 0. The number of ether oxygens (including phenoxy) is 2. The molecule has 1 aromatic heterocycles. The topological polar surface area (TPSA) is 69.9 Å². The zero-order chi connectivity index (χ0) is 25.1. The Morgan fingerprint density at radius 3 is 2.54 bits per heavy atom. The third kappa shape index (κ3) is 5.12. The molecule has 0 saturated heterocycles. The number of nitrogens with zero attached hydrogens (tertiary/aromatic N) is 2. The van der Waals surface area contributed by atoms with E-state index in [1.807, 2.05) is 48.5 Å². The van der Waals surface area contributed by atoms with E-state index in [4.69, 9.17) is 9.47 Å². The third-order valence-electron chi connectivity index (χ3n) is 5.30. The van der Waals surface area contributed by atoms with E-state index in [1.165, 1.54) is 11.3 Å². The van der Waals surface area contributed by atoms with Crippen molar-refractivity contribution in [3.05, 3.63) is 106 Å². The number of allylic oxidation sites excluding steroid dienone is 1. The molecule has 2 heterocycles. The van der Waals surface area contributed by atoms with Gasteiger partial charge in [-0.05, 0) is 75.0 Å². The van der Waals surface area contributed by atoms with Crippen molar-refractivity contribution in [1.82, 2.24) is 4.57 Å². The monoisotopic (exact) mass is 616 g/mol. The van der Waals surface area contributed by atoms with Gasteiger partial charge >= 0.3 is 5.97 Å². The van der Waals surface area contributed by atoms with Crippen LogP contribution in [0.3, 0.4) is 0 Å². The molecule has 0 aliphatic carbocycles. The van der Waals surface area contributed by atoms with Crippen LogP contribution in [0.4, 0.5) is 0 Å². The summed E-state index contributed by atoms with van der Waals surface area (Å²) >= 11 is 8.36. The van der Waals surface area contributed by atoms with E-state index in [-0.39, 0.29) is 12.2 Å². The van der Waals surface area contributed by atoms with Gasteiger partial charge in [-0.15, -0.1) is 0 Å². The Morgan fingerprint density at radius 2 is 1.91 bits per heavy atom. The Labute approximate surface area is 223 Å². The fourth-order valence-corrected chi connectivity index (χ4v) is 6.33. The molecule has 180 valence electrons. The van der Waals surface area contributed by atoms with Crippen LogP contribution in [0, 0.1) is 0 Å². The number of halogens is 2. The summed E-state index contributed by atoms with van der Waals surface area (Å²) in [6.07, 6.45) is 3.48. The fraction of sp³-hybridized carbons (Fsp3) is 0.192. The molecule has 35 heavy (non-hydrogen) atoms. The number of aromatic nitrogens is 1. The van der Waals surface area contributed by atoms with Crippen molar-refractivity contribution in [1.29, 1.82) is 0 Å². The van der Waals surface area contributed by atoms with Crippen LogP contribution in [0.2, 0.25) is 0 Å². The van der Waals surface area contributed by atoms with Gasteiger partial charge in [0.15, 0.2) is 4.80 Å². The molecule has 1 aliphatic heterocycles. The van der Waals surface area contributed by atoms with Gasteiger partial charge < -0.3 is 9.47 Å². The minimum atomic E-state index is -0.623. The van der Waals surface area contributed by atoms with Gasteiger partial charge in [0.25, 0.3) is 5.56 Å². The maximum Gasteiger partial charge on any atom is 0.338 e. The molecular formula is C26H22Br2N2O4S. The van der Waals surface area contributed by atoms with Gasteiger partial charge in [0.05, 0.1) is 37.4 Å². The standard InChI is InChI=1S/C26H22Br2N2O4S/c1-4-11-34-23-18(27)12-16(13-19(23)28)14-20-24(31)30-22(17-9-7-6-8-10-17)21(25(32)33-5-2)15(3)29-26(30)35-20/h4,6-10,12-14,22H,1,5,11H2,2-3H3/b20-14-. The summed E-state index contributed by atoms with van der Waals surface area (Å²) in [5.74, 6) is 0.183. The second-order valence-corrected chi connectivity index (χ2v) is 10.3. The largest absolute Gasteiger partial charge is 0.487 e. The van der Waals surface area contributed by atoms with Crippen LogP contribution < -0.4 is 19.6 Å². The van der Waals surface area contributed by atoms with Crippen LogP contribution in [-0.2, 0) is 9.53 Å². The molecule has 6 nitrogen and oxygen atoms in total. The number of thiazole rings is 1. The predicted molar refractivity (Wildman–Crippen MR) is 144 cm³/mol. The van der Waals surface area contributed by atoms with Crippen LogP contribution in [0.1, 0.15) is 31.0 Å². The molecule has 0 saturated carbocycles. The number of rotatable bonds is 7. The van der Waals surface area contributed by atoms with Gasteiger partial charge in [-0.3, -0.25) is 9.36 Å². The first-order chi connectivity index (χ1) is 16.8. The van der Waals surface area contributed by atoms with Gasteiger partial charge in [-0.2, -0.15) is 0 Å². The molecule has 4 rings (SSSR count). The Morgan fingerprint density at radius 1 is 1.23 bits per heavy atom. The molecule has 0 radical (unpaired) electrons. The van der Waals surface area contributed by atoms with Gasteiger partial charge in [-0.25, -0.2) is 9.79 Å². The molecule has 0 spiro atoms. The highest BCUT2D eigenvalue weighted by molar-refractivity contribution is 9.11. The predicted octanol–water partition coefficient (Wildman–Crippen LogP) is 4.89. The lowest BCUT2D eigenvalue weighted by atomic mass is 9.96. The van der Waals surface area contributed by atoms with Crippen LogP contribution in [0.25, 0.3) is 6.08 Å². The van der Waals surface area contributed by atoms with Crippen molar-refractivity contribution in [3.8, 4) is 5.75 Å². The number of carbonyl (C=O) groups is 1.